The lowest BCUT2D eigenvalue weighted by molar-refractivity contribution is -0.144. The second-order valence-electron chi connectivity index (χ2n) is 11.1. The van der Waals surface area contributed by atoms with E-state index in [1.807, 2.05) is 32.9 Å². The molecule has 1 aliphatic rings. The minimum atomic E-state index is -4.46. The third-order valence-corrected chi connectivity index (χ3v) is 7.66. The molecule has 0 bridgehead atoms. The number of fused-ring (bicyclic) bond motifs is 1. The fourth-order valence-electron chi connectivity index (χ4n) is 5.24. The van der Waals surface area contributed by atoms with Gasteiger partial charge in [0.05, 0.1) is 36.0 Å². The topological polar surface area (TPSA) is 68.6 Å². The number of nitrogens with one attached hydrogen (secondary N) is 1. The average molecular weight is 626 g/mol. The molecule has 1 aliphatic heterocycles. The van der Waals surface area contributed by atoms with Gasteiger partial charge in [0.15, 0.2) is 0 Å². The number of carbonyl (C=O) groups excluding carboxylic acids is 1. The smallest absolute Gasteiger partial charge is 0.406 e. The lowest BCUT2D eigenvalue weighted by atomic mass is 9.84. The van der Waals surface area contributed by atoms with E-state index in [1.54, 1.807) is 25.4 Å². The van der Waals surface area contributed by atoms with Gasteiger partial charge < -0.3 is 24.3 Å². The molecule has 0 saturated carbocycles. The molecule has 7 nitrogen and oxygen atoms in total. The molecule has 4 rings (SSSR count). The molecule has 1 N–H and O–H groups in total. The Balaban J connectivity index is 2.03. The van der Waals surface area contributed by atoms with Gasteiger partial charge in [-0.05, 0) is 43.2 Å². The maximum Gasteiger partial charge on any atom is 0.406 e. The number of hydrogen-bond donors (Lipinski definition) is 1. The Morgan fingerprint density at radius 2 is 1.90 bits per heavy atom. The molecule has 1 atom stereocenters. The van der Waals surface area contributed by atoms with E-state index in [9.17, 15) is 18.0 Å². The number of carbonyl (C=O) groups is 1. The highest BCUT2D eigenvalue weighted by Gasteiger charge is 2.35. The number of ether oxygens (including phenoxy) is 2. The number of methoxy groups -OCH3 is 1. The zero-order valence-electron chi connectivity index (χ0n) is 23.5. The van der Waals surface area contributed by atoms with E-state index < -0.39 is 30.2 Å². The Bertz CT molecular complexity index is 1370. The summed E-state index contributed by atoms with van der Waals surface area (Å²) in [7, 11) is 1.56. The minimum Gasteiger partial charge on any atom is -0.465 e. The van der Waals surface area contributed by atoms with Gasteiger partial charge in [-0.15, -0.1) is 0 Å². The van der Waals surface area contributed by atoms with Gasteiger partial charge in [-0.25, -0.2) is 0 Å². The molecule has 0 aliphatic carbocycles. The number of esters is 1. The number of aromatic nitrogens is 2. The van der Waals surface area contributed by atoms with Crippen LogP contribution >= 0.6 is 15.9 Å². The van der Waals surface area contributed by atoms with Crippen molar-refractivity contribution in [3.05, 3.63) is 46.2 Å². The van der Waals surface area contributed by atoms with Crippen LogP contribution in [0.5, 0.6) is 0 Å². The van der Waals surface area contributed by atoms with Gasteiger partial charge in [0.2, 0.25) is 0 Å². The summed E-state index contributed by atoms with van der Waals surface area (Å²) >= 11 is 3.51. The fourth-order valence-corrected chi connectivity index (χ4v) is 5.60. The van der Waals surface area contributed by atoms with E-state index in [0.717, 1.165) is 41.9 Å². The Kier molecular flexibility index (Phi) is 9.16. The van der Waals surface area contributed by atoms with Crippen LogP contribution in [0.2, 0.25) is 0 Å². The molecule has 3 heterocycles. The Labute approximate surface area is 241 Å². The van der Waals surface area contributed by atoms with Crippen LogP contribution in [0.4, 0.5) is 18.9 Å². The summed E-state index contributed by atoms with van der Waals surface area (Å²) in [5.74, 6) is -0.403. The molecule has 0 amide bonds. The number of benzene rings is 1. The number of rotatable bonds is 9. The molecule has 0 spiro atoms. The SMILES string of the molecule is CO[C@@H](C)c1ncc(N2CCNCC2)cc1-c1c(CC(C)(C)COC(C)=O)c2cc(Br)ccc2n1CC(F)(F)F. The van der Waals surface area contributed by atoms with Gasteiger partial charge in [-0.3, -0.25) is 9.78 Å². The largest absolute Gasteiger partial charge is 0.465 e. The van der Waals surface area contributed by atoms with Crippen LogP contribution in [0.25, 0.3) is 22.2 Å². The standard InChI is InChI=1S/C29H36BrF3N4O3/c1-18(39-5)26-23(13-21(15-35-26)36-10-8-34-9-11-36)27-24(14-28(3,4)17-40-19(2)38)22-12-20(30)6-7-25(22)37(27)16-29(31,32)33/h6-7,12-13,15,18,34H,8-11,14,16-17H2,1-5H3/t18-/m0/s1. The molecule has 2 aromatic heterocycles. The van der Waals surface area contributed by atoms with Crippen LogP contribution in [-0.2, 0) is 27.2 Å². The van der Waals surface area contributed by atoms with E-state index in [1.165, 1.54) is 11.5 Å². The van der Waals surface area contributed by atoms with Crippen LogP contribution in [0.15, 0.2) is 34.9 Å². The average Bonchev–Trinajstić information content (AvgIpc) is 3.17. The first-order valence-corrected chi connectivity index (χ1v) is 14.1. The molecule has 1 saturated heterocycles. The highest BCUT2D eigenvalue weighted by Crippen LogP contribution is 2.43. The number of piperazine rings is 1. The van der Waals surface area contributed by atoms with Gasteiger partial charge >= 0.3 is 12.1 Å². The second kappa shape index (κ2) is 12.1. The number of anilines is 1. The Morgan fingerprint density at radius 3 is 2.52 bits per heavy atom. The summed E-state index contributed by atoms with van der Waals surface area (Å²) in [5, 5.41) is 4.03. The normalized spacial score (nSPS) is 15.5. The molecule has 0 unspecified atom stereocenters. The van der Waals surface area contributed by atoms with E-state index in [2.05, 4.69) is 26.1 Å². The predicted molar refractivity (Wildman–Crippen MR) is 154 cm³/mol. The van der Waals surface area contributed by atoms with Gasteiger partial charge in [-0.2, -0.15) is 13.2 Å². The monoisotopic (exact) mass is 624 g/mol. The molecule has 3 aromatic rings. The molecule has 218 valence electrons. The quantitative estimate of drug-likeness (QED) is 0.283. The number of halogens is 4. The van der Waals surface area contributed by atoms with Gasteiger partial charge in [-0.1, -0.05) is 29.8 Å². The van der Waals surface area contributed by atoms with Crippen molar-refractivity contribution in [2.75, 3.05) is 44.8 Å². The molecule has 1 fully saturated rings. The molecular formula is C29H36BrF3N4O3. The molecule has 40 heavy (non-hydrogen) atoms. The Morgan fingerprint density at radius 1 is 1.20 bits per heavy atom. The van der Waals surface area contributed by atoms with Crippen LogP contribution in [-0.4, -0.2) is 61.6 Å². The van der Waals surface area contributed by atoms with E-state index in [-0.39, 0.29) is 6.61 Å². The summed E-state index contributed by atoms with van der Waals surface area (Å²) in [4.78, 5) is 18.6. The predicted octanol–water partition coefficient (Wildman–Crippen LogP) is 6.28. The first-order chi connectivity index (χ1) is 18.8. The van der Waals surface area contributed by atoms with E-state index in [0.29, 0.717) is 34.3 Å². The first kappa shape index (κ1) is 30.3. The van der Waals surface area contributed by atoms with Gasteiger partial charge in [0.25, 0.3) is 0 Å². The van der Waals surface area contributed by atoms with Crippen molar-refractivity contribution in [1.82, 2.24) is 14.9 Å². The number of nitrogens with zero attached hydrogens (tertiary/aromatic N) is 3. The van der Waals surface area contributed by atoms with Crippen LogP contribution in [0, 0.1) is 5.41 Å². The summed E-state index contributed by atoms with van der Waals surface area (Å²) in [6, 6.07) is 7.27. The maximum absolute atomic E-state index is 14.2. The highest BCUT2D eigenvalue weighted by atomic mass is 79.9. The summed E-state index contributed by atoms with van der Waals surface area (Å²) < 4.78 is 55.6. The highest BCUT2D eigenvalue weighted by molar-refractivity contribution is 9.10. The lowest BCUT2D eigenvalue weighted by Crippen LogP contribution is -2.43. The maximum atomic E-state index is 14.2. The van der Waals surface area contributed by atoms with Crippen LogP contribution in [0.1, 0.15) is 45.1 Å². The van der Waals surface area contributed by atoms with Gasteiger partial charge in [0, 0.05) is 66.6 Å². The molecule has 1 aromatic carbocycles. The third kappa shape index (κ3) is 6.98. The van der Waals surface area contributed by atoms with Crippen molar-refractivity contribution >= 4 is 38.5 Å². The van der Waals surface area contributed by atoms with Crippen molar-refractivity contribution in [3.63, 3.8) is 0 Å². The van der Waals surface area contributed by atoms with Crippen LogP contribution < -0.4 is 10.2 Å². The number of hydrogen-bond acceptors (Lipinski definition) is 6. The summed E-state index contributed by atoms with van der Waals surface area (Å²) in [5.41, 5.74) is 3.10. The Hall–Kier alpha value is -2.63. The van der Waals surface area contributed by atoms with E-state index in [4.69, 9.17) is 14.5 Å². The first-order valence-electron chi connectivity index (χ1n) is 13.3. The minimum absolute atomic E-state index is 0.127. The third-order valence-electron chi connectivity index (χ3n) is 7.17. The van der Waals surface area contributed by atoms with Crippen LogP contribution in [0.3, 0.4) is 0 Å². The van der Waals surface area contributed by atoms with Crippen molar-refractivity contribution in [3.8, 4) is 11.3 Å². The molecular weight excluding hydrogens is 589 g/mol. The fraction of sp³-hybridized carbons (Fsp3) is 0.517. The summed E-state index contributed by atoms with van der Waals surface area (Å²) in [6.07, 6.45) is -2.78. The second-order valence-corrected chi connectivity index (χ2v) is 12.0. The number of alkyl halides is 3. The number of pyridine rings is 1. The van der Waals surface area contributed by atoms with Crippen molar-refractivity contribution in [2.45, 2.75) is 52.9 Å². The van der Waals surface area contributed by atoms with Gasteiger partial charge in [0.1, 0.15) is 6.54 Å². The molecule has 11 heteroatoms. The van der Waals surface area contributed by atoms with E-state index >= 15 is 0 Å². The molecule has 0 radical (unpaired) electrons. The van der Waals surface area contributed by atoms with Crippen molar-refractivity contribution in [2.24, 2.45) is 5.41 Å². The van der Waals surface area contributed by atoms with Crippen molar-refractivity contribution < 1.29 is 27.4 Å². The summed E-state index contributed by atoms with van der Waals surface area (Å²) in [6.45, 7) is 9.19. The zero-order chi connectivity index (χ0) is 29.2. The van der Waals surface area contributed by atoms with Crippen molar-refractivity contribution in [1.29, 1.82) is 0 Å². The lowest BCUT2D eigenvalue weighted by Gasteiger charge is -2.30. The zero-order valence-corrected chi connectivity index (χ0v) is 25.1.